The Morgan fingerprint density at radius 2 is 1.48 bits per heavy atom. The van der Waals surface area contributed by atoms with Gasteiger partial charge in [0.05, 0.1) is 6.54 Å². The summed E-state index contributed by atoms with van der Waals surface area (Å²) in [5, 5.41) is 12.9. The van der Waals surface area contributed by atoms with Crippen LogP contribution in [0.5, 0.6) is 11.5 Å². The Bertz CT molecular complexity index is 1320. The topological polar surface area (TPSA) is 99.2 Å². The molecule has 1 heterocycles. The van der Waals surface area contributed by atoms with Crippen molar-refractivity contribution in [2.75, 3.05) is 39.3 Å². The van der Waals surface area contributed by atoms with E-state index in [4.69, 9.17) is 16.3 Å². The molecule has 2 N–H and O–H groups in total. The second kappa shape index (κ2) is 13.0. The first-order chi connectivity index (χ1) is 19.1. The second-order valence-corrected chi connectivity index (χ2v) is 10.7. The Morgan fingerprint density at radius 3 is 2.10 bits per heavy atom. The molecule has 0 spiro atoms. The van der Waals surface area contributed by atoms with Crippen molar-refractivity contribution >= 4 is 29.2 Å². The summed E-state index contributed by atoms with van der Waals surface area (Å²) in [4.78, 5) is 41.9. The summed E-state index contributed by atoms with van der Waals surface area (Å²) in [6.45, 7) is 6.47. The maximum atomic E-state index is 13.3. The van der Waals surface area contributed by atoms with E-state index in [1.165, 1.54) is 12.1 Å². The molecule has 4 rings (SSSR count). The van der Waals surface area contributed by atoms with Gasteiger partial charge < -0.3 is 20.1 Å². The first-order valence-corrected chi connectivity index (χ1v) is 13.6. The smallest absolute Gasteiger partial charge is 0.266 e. The average molecular weight is 564 g/mol. The highest BCUT2D eigenvalue weighted by molar-refractivity contribution is 6.30. The molecule has 1 fully saturated rings. The summed E-state index contributed by atoms with van der Waals surface area (Å²) >= 11 is 5.87. The highest BCUT2D eigenvalue weighted by atomic mass is 35.5. The van der Waals surface area contributed by atoms with Crippen molar-refractivity contribution in [1.29, 1.82) is 0 Å². The van der Waals surface area contributed by atoms with E-state index in [0.29, 0.717) is 61.0 Å². The van der Waals surface area contributed by atoms with Gasteiger partial charge in [0, 0.05) is 48.9 Å². The number of ether oxygens (including phenoxy) is 1. The number of amides is 2. The van der Waals surface area contributed by atoms with Crippen LogP contribution in [0.15, 0.2) is 72.8 Å². The number of piperazine rings is 1. The molecule has 8 nitrogen and oxygen atoms in total. The predicted octanol–water partition coefficient (Wildman–Crippen LogP) is 4.20. The van der Waals surface area contributed by atoms with Crippen LogP contribution < -0.4 is 10.1 Å². The van der Waals surface area contributed by atoms with E-state index in [2.05, 4.69) is 5.32 Å². The lowest BCUT2D eigenvalue weighted by molar-refractivity contribution is -0.147. The number of benzene rings is 3. The molecule has 0 radical (unpaired) electrons. The number of phenols is 1. The van der Waals surface area contributed by atoms with E-state index in [1.54, 1.807) is 55.1 Å². The molecule has 1 aliphatic rings. The van der Waals surface area contributed by atoms with E-state index < -0.39 is 5.60 Å². The number of carbonyl (C=O) groups is 3. The van der Waals surface area contributed by atoms with Crippen molar-refractivity contribution in [3.8, 4) is 11.5 Å². The number of nitrogens with one attached hydrogen (secondary N) is 1. The fraction of sp³-hybridized carbons (Fsp3) is 0.323. The summed E-state index contributed by atoms with van der Waals surface area (Å²) in [7, 11) is 0. The Morgan fingerprint density at radius 1 is 0.875 bits per heavy atom. The van der Waals surface area contributed by atoms with Gasteiger partial charge in [0.1, 0.15) is 11.5 Å². The van der Waals surface area contributed by atoms with Gasteiger partial charge in [-0.15, -0.1) is 0 Å². The van der Waals surface area contributed by atoms with E-state index in [9.17, 15) is 19.5 Å². The number of rotatable bonds is 10. The third kappa shape index (κ3) is 7.83. The minimum absolute atomic E-state index is 0.0178. The van der Waals surface area contributed by atoms with Gasteiger partial charge in [0.25, 0.3) is 11.8 Å². The van der Waals surface area contributed by atoms with Gasteiger partial charge in [-0.05, 0) is 86.5 Å². The monoisotopic (exact) mass is 563 g/mol. The van der Waals surface area contributed by atoms with Gasteiger partial charge in [-0.25, -0.2) is 0 Å². The maximum Gasteiger partial charge on any atom is 0.266 e. The molecule has 1 saturated heterocycles. The summed E-state index contributed by atoms with van der Waals surface area (Å²) in [5.41, 5.74) is 1.09. The molecular formula is C31H34ClN3O5. The number of aromatic hydroxyl groups is 1. The van der Waals surface area contributed by atoms with Crippen molar-refractivity contribution in [3.05, 3.63) is 94.5 Å². The molecule has 40 heavy (non-hydrogen) atoms. The number of halogens is 1. The molecule has 0 bridgehead atoms. The average Bonchev–Trinajstić information content (AvgIpc) is 2.94. The van der Waals surface area contributed by atoms with Crippen LogP contribution in [0.1, 0.15) is 40.1 Å². The van der Waals surface area contributed by atoms with E-state index in [-0.39, 0.29) is 29.9 Å². The van der Waals surface area contributed by atoms with Crippen LogP contribution in [0.2, 0.25) is 5.02 Å². The van der Waals surface area contributed by atoms with Gasteiger partial charge >= 0.3 is 0 Å². The molecule has 0 unspecified atom stereocenters. The molecule has 9 heteroatoms. The number of hydrogen-bond donors (Lipinski definition) is 2. The number of hydrogen-bond acceptors (Lipinski definition) is 6. The number of phenolic OH excluding ortho intramolecular Hbond substituents is 1. The zero-order valence-electron chi connectivity index (χ0n) is 22.7. The Labute approximate surface area is 239 Å². The number of nitrogens with zero attached hydrogens (tertiary/aromatic N) is 2. The van der Waals surface area contributed by atoms with Crippen LogP contribution in [-0.4, -0.2) is 77.4 Å². The minimum Gasteiger partial charge on any atom is -0.508 e. The van der Waals surface area contributed by atoms with Crippen molar-refractivity contribution in [2.45, 2.75) is 25.9 Å². The van der Waals surface area contributed by atoms with E-state index >= 15 is 0 Å². The Balaban J connectivity index is 1.21. The van der Waals surface area contributed by atoms with Crippen LogP contribution in [0.25, 0.3) is 0 Å². The quantitative estimate of drug-likeness (QED) is 0.359. The zero-order chi connectivity index (χ0) is 28.7. The van der Waals surface area contributed by atoms with Crippen molar-refractivity contribution < 1.29 is 24.2 Å². The van der Waals surface area contributed by atoms with Crippen LogP contribution in [0, 0.1) is 0 Å². The van der Waals surface area contributed by atoms with E-state index in [0.717, 1.165) is 5.56 Å². The molecular weight excluding hydrogens is 530 g/mol. The third-order valence-electron chi connectivity index (χ3n) is 6.83. The molecule has 0 saturated carbocycles. The maximum absolute atomic E-state index is 13.3. The molecule has 0 atom stereocenters. The minimum atomic E-state index is -1.06. The van der Waals surface area contributed by atoms with E-state index in [1.807, 2.05) is 29.2 Å². The fourth-order valence-electron chi connectivity index (χ4n) is 4.52. The van der Waals surface area contributed by atoms with Crippen LogP contribution in [-0.2, 0) is 11.2 Å². The predicted molar refractivity (Wildman–Crippen MR) is 154 cm³/mol. The van der Waals surface area contributed by atoms with Gasteiger partial charge in [0.2, 0.25) is 0 Å². The number of ketones is 1. The molecule has 0 aliphatic carbocycles. The highest BCUT2D eigenvalue weighted by Crippen LogP contribution is 2.22. The lowest BCUT2D eigenvalue weighted by atomic mass is 10.1. The summed E-state index contributed by atoms with van der Waals surface area (Å²) in [5.74, 6) is 0.439. The number of Topliss-reactive ketones (excluding diaryl/α,β-unsaturated/α-hetero) is 1. The number of carbonyl (C=O) groups excluding carboxylic acids is 3. The van der Waals surface area contributed by atoms with Gasteiger partial charge in [-0.3, -0.25) is 19.3 Å². The molecule has 2 amide bonds. The first kappa shape index (κ1) is 29.1. The second-order valence-electron chi connectivity index (χ2n) is 10.3. The normalized spacial score (nSPS) is 14.0. The van der Waals surface area contributed by atoms with Crippen LogP contribution >= 0.6 is 11.6 Å². The first-order valence-electron chi connectivity index (χ1n) is 13.3. The molecule has 3 aromatic carbocycles. The lowest BCUT2D eigenvalue weighted by Gasteiger charge is -2.38. The van der Waals surface area contributed by atoms with Crippen LogP contribution in [0.3, 0.4) is 0 Å². The lowest BCUT2D eigenvalue weighted by Crippen LogP contribution is -2.56. The standard InChI is InChI=1S/C31H34ClN3O5/c1-31(2,30(39)35-19-17-34(18-20-35)21-28(37)23-7-11-26(36)12-8-23)40-27-13-3-22(4-14-27)15-16-33-29(38)24-5-9-25(32)10-6-24/h3-14,36H,15-21H2,1-2H3,(H,33,38). The summed E-state index contributed by atoms with van der Waals surface area (Å²) in [6.07, 6.45) is 0.654. The Kier molecular flexibility index (Phi) is 9.45. The SMILES string of the molecule is CC(C)(Oc1ccc(CCNC(=O)c2ccc(Cl)cc2)cc1)C(=O)N1CCN(CC(=O)c2ccc(O)cc2)CC1. The Hall–Kier alpha value is -3.88. The summed E-state index contributed by atoms with van der Waals surface area (Å²) in [6, 6.07) is 20.5. The van der Waals surface area contributed by atoms with Gasteiger partial charge in [-0.1, -0.05) is 23.7 Å². The summed E-state index contributed by atoms with van der Waals surface area (Å²) < 4.78 is 6.08. The molecule has 0 aromatic heterocycles. The molecule has 1 aliphatic heterocycles. The highest BCUT2D eigenvalue weighted by Gasteiger charge is 2.36. The molecule has 3 aromatic rings. The van der Waals surface area contributed by atoms with Gasteiger partial charge in [0.15, 0.2) is 11.4 Å². The van der Waals surface area contributed by atoms with Gasteiger partial charge in [-0.2, -0.15) is 0 Å². The van der Waals surface area contributed by atoms with Crippen molar-refractivity contribution in [1.82, 2.24) is 15.1 Å². The largest absolute Gasteiger partial charge is 0.508 e. The van der Waals surface area contributed by atoms with Crippen molar-refractivity contribution in [3.63, 3.8) is 0 Å². The molecule has 210 valence electrons. The fourth-order valence-corrected chi connectivity index (χ4v) is 4.64. The van der Waals surface area contributed by atoms with Crippen molar-refractivity contribution in [2.24, 2.45) is 0 Å². The zero-order valence-corrected chi connectivity index (χ0v) is 23.5. The van der Waals surface area contributed by atoms with Crippen LogP contribution in [0.4, 0.5) is 0 Å². The third-order valence-corrected chi connectivity index (χ3v) is 7.09.